The first-order valence-electron chi connectivity index (χ1n) is 5.97. The minimum atomic E-state index is -0.890. The predicted octanol–water partition coefficient (Wildman–Crippen LogP) is 0.148. The number of ether oxygens (including phenoxy) is 1. The summed E-state index contributed by atoms with van der Waals surface area (Å²) in [6.45, 7) is 0.746. The molecule has 4 N–H and O–H groups in total. The van der Waals surface area contributed by atoms with Crippen molar-refractivity contribution in [2.75, 3.05) is 20.2 Å². The number of hydrogen-bond acceptors (Lipinski definition) is 4. The van der Waals surface area contributed by atoms with Gasteiger partial charge in [0.15, 0.2) is 0 Å². The predicted molar refractivity (Wildman–Crippen MR) is 78.6 cm³/mol. The molecule has 0 saturated heterocycles. The van der Waals surface area contributed by atoms with Gasteiger partial charge in [0, 0.05) is 7.05 Å². The third-order valence-electron chi connectivity index (χ3n) is 2.55. The fraction of sp³-hybridized carbons (Fsp3) is 0.385. The van der Waals surface area contributed by atoms with Crippen LogP contribution in [0.15, 0.2) is 30.3 Å². The molecular formula is C13H20ClN3O3. The molecule has 6 nitrogen and oxygen atoms in total. The van der Waals surface area contributed by atoms with E-state index in [1.807, 2.05) is 30.3 Å². The summed E-state index contributed by atoms with van der Waals surface area (Å²) in [5, 5.41) is 0. The molecule has 0 aliphatic heterocycles. The second kappa shape index (κ2) is 9.17. The Morgan fingerprint density at radius 2 is 1.90 bits per heavy atom. The summed E-state index contributed by atoms with van der Waals surface area (Å²) in [6.07, 6.45) is -0.150. The number of primary amides is 1. The van der Waals surface area contributed by atoms with Gasteiger partial charge in [-0.05, 0) is 12.1 Å². The van der Waals surface area contributed by atoms with Crippen LogP contribution in [-0.4, -0.2) is 43.0 Å². The number of amides is 2. The fourth-order valence-corrected chi connectivity index (χ4v) is 1.51. The van der Waals surface area contributed by atoms with Gasteiger partial charge >= 0.3 is 0 Å². The highest BCUT2D eigenvalue weighted by atomic mass is 35.5. The van der Waals surface area contributed by atoms with Crippen molar-refractivity contribution in [1.29, 1.82) is 0 Å². The molecule has 1 rings (SSSR count). The standard InChI is InChI=1S/C13H19N3O3.ClH/c1-16(13(18)11(14)9-12(15)17)7-8-19-10-5-3-2-4-6-10;/h2-6,11H,7-9,14H2,1H3,(H2,15,17);1H. The lowest BCUT2D eigenvalue weighted by Gasteiger charge is -2.20. The third-order valence-corrected chi connectivity index (χ3v) is 2.55. The Balaban J connectivity index is 0.00000361. The van der Waals surface area contributed by atoms with Gasteiger partial charge in [0.2, 0.25) is 11.8 Å². The van der Waals surface area contributed by atoms with Crippen LogP contribution < -0.4 is 16.2 Å². The van der Waals surface area contributed by atoms with Crippen molar-refractivity contribution in [1.82, 2.24) is 4.90 Å². The Bertz CT molecular complexity index is 428. The summed E-state index contributed by atoms with van der Waals surface area (Å²) in [5.74, 6) is -0.171. The van der Waals surface area contributed by atoms with Gasteiger partial charge in [-0.15, -0.1) is 12.4 Å². The SMILES string of the molecule is CN(CCOc1ccccc1)C(=O)C(N)CC(N)=O.Cl. The van der Waals surface area contributed by atoms with Crippen molar-refractivity contribution in [3.63, 3.8) is 0 Å². The zero-order valence-corrected chi connectivity index (χ0v) is 12.1. The Kier molecular flexibility index (Phi) is 8.35. The van der Waals surface area contributed by atoms with Crippen LogP contribution in [0.4, 0.5) is 0 Å². The number of likely N-dealkylation sites (N-methyl/N-ethyl adjacent to an activating group) is 1. The molecule has 0 fully saturated rings. The average Bonchev–Trinajstić information content (AvgIpc) is 2.38. The Morgan fingerprint density at radius 3 is 2.45 bits per heavy atom. The van der Waals surface area contributed by atoms with E-state index in [1.54, 1.807) is 7.05 Å². The van der Waals surface area contributed by atoms with E-state index < -0.39 is 11.9 Å². The number of nitrogens with two attached hydrogens (primary N) is 2. The lowest BCUT2D eigenvalue weighted by molar-refractivity contribution is -0.133. The van der Waals surface area contributed by atoms with Crippen LogP contribution in [0.25, 0.3) is 0 Å². The van der Waals surface area contributed by atoms with Crippen LogP contribution in [0.5, 0.6) is 5.75 Å². The van der Waals surface area contributed by atoms with Crippen molar-refractivity contribution >= 4 is 24.2 Å². The normalized spacial score (nSPS) is 11.1. The number of para-hydroxylation sites is 1. The Hall–Kier alpha value is -1.79. The zero-order chi connectivity index (χ0) is 14.3. The van der Waals surface area contributed by atoms with Crippen molar-refractivity contribution in [3.8, 4) is 5.75 Å². The summed E-state index contributed by atoms with van der Waals surface area (Å²) < 4.78 is 5.46. The highest BCUT2D eigenvalue weighted by Crippen LogP contribution is 2.07. The molecular weight excluding hydrogens is 282 g/mol. The van der Waals surface area contributed by atoms with E-state index in [0.717, 1.165) is 5.75 Å². The van der Waals surface area contributed by atoms with Crippen molar-refractivity contribution in [2.45, 2.75) is 12.5 Å². The van der Waals surface area contributed by atoms with Gasteiger partial charge in [0.05, 0.1) is 19.0 Å². The van der Waals surface area contributed by atoms with E-state index in [0.29, 0.717) is 13.2 Å². The first-order chi connectivity index (χ1) is 9.00. The Labute approximate surface area is 124 Å². The molecule has 0 spiro atoms. The molecule has 0 radical (unpaired) electrons. The number of rotatable bonds is 7. The second-order valence-corrected chi connectivity index (χ2v) is 4.20. The molecule has 1 atom stereocenters. The quantitative estimate of drug-likeness (QED) is 0.749. The highest BCUT2D eigenvalue weighted by molar-refractivity contribution is 5.87. The number of carbonyl (C=O) groups excluding carboxylic acids is 2. The summed E-state index contributed by atoms with van der Waals surface area (Å²) in [4.78, 5) is 23.9. The summed E-state index contributed by atoms with van der Waals surface area (Å²) in [7, 11) is 1.61. The van der Waals surface area contributed by atoms with E-state index in [9.17, 15) is 9.59 Å². The molecule has 7 heteroatoms. The maximum Gasteiger partial charge on any atom is 0.239 e. The Morgan fingerprint density at radius 1 is 1.30 bits per heavy atom. The minimum absolute atomic E-state index is 0. The molecule has 2 amide bonds. The largest absolute Gasteiger partial charge is 0.492 e. The molecule has 20 heavy (non-hydrogen) atoms. The van der Waals surface area contributed by atoms with Gasteiger partial charge < -0.3 is 21.1 Å². The van der Waals surface area contributed by atoms with Crippen molar-refractivity contribution < 1.29 is 14.3 Å². The van der Waals surface area contributed by atoms with Crippen LogP contribution in [-0.2, 0) is 9.59 Å². The number of carbonyl (C=O) groups is 2. The zero-order valence-electron chi connectivity index (χ0n) is 11.3. The van der Waals surface area contributed by atoms with E-state index in [2.05, 4.69) is 0 Å². The van der Waals surface area contributed by atoms with Gasteiger partial charge in [0.1, 0.15) is 12.4 Å². The third kappa shape index (κ3) is 6.40. The monoisotopic (exact) mass is 301 g/mol. The van der Waals surface area contributed by atoms with Gasteiger partial charge in [-0.25, -0.2) is 0 Å². The van der Waals surface area contributed by atoms with Gasteiger partial charge in [-0.1, -0.05) is 18.2 Å². The number of hydrogen-bond donors (Lipinski definition) is 2. The first kappa shape index (κ1) is 18.2. The summed E-state index contributed by atoms with van der Waals surface area (Å²) in [5.41, 5.74) is 10.6. The fourth-order valence-electron chi connectivity index (χ4n) is 1.51. The molecule has 1 unspecified atom stereocenters. The minimum Gasteiger partial charge on any atom is -0.492 e. The molecule has 0 aromatic heterocycles. The van der Waals surface area contributed by atoms with Crippen molar-refractivity contribution in [3.05, 3.63) is 30.3 Å². The lowest BCUT2D eigenvalue weighted by atomic mass is 10.2. The molecule has 0 saturated carbocycles. The summed E-state index contributed by atoms with van der Waals surface area (Å²) in [6, 6.07) is 8.41. The molecule has 1 aromatic rings. The molecule has 0 aliphatic carbocycles. The number of halogens is 1. The highest BCUT2D eigenvalue weighted by Gasteiger charge is 2.19. The van der Waals surface area contributed by atoms with Crippen LogP contribution in [0.2, 0.25) is 0 Å². The van der Waals surface area contributed by atoms with E-state index in [-0.39, 0.29) is 24.7 Å². The van der Waals surface area contributed by atoms with Gasteiger partial charge in [-0.2, -0.15) is 0 Å². The average molecular weight is 302 g/mol. The van der Waals surface area contributed by atoms with E-state index in [1.165, 1.54) is 4.90 Å². The van der Waals surface area contributed by atoms with E-state index >= 15 is 0 Å². The summed E-state index contributed by atoms with van der Waals surface area (Å²) >= 11 is 0. The maximum atomic E-state index is 11.8. The van der Waals surface area contributed by atoms with Crippen LogP contribution in [0.1, 0.15) is 6.42 Å². The number of nitrogens with zero attached hydrogens (tertiary/aromatic N) is 1. The van der Waals surface area contributed by atoms with Crippen molar-refractivity contribution in [2.24, 2.45) is 11.5 Å². The van der Waals surface area contributed by atoms with E-state index in [4.69, 9.17) is 16.2 Å². The van der Waals surface area contributed by atoms with Crippen LogP contribution in [0, 0.1) is 0 Å². The molecule has 0 aliphatic rings. The lowest BCUT2D eigenvalue weighted by Crippen LogP contribution is -2.45. The van der Waals surface area contributed by atoms with Crippen LogP contribution >= 0.6 is 12.4 Å². The first-order valence-corrected chi connectivity index (χ1v) is 5.97. The smallest absolute Gasteiger partial charge is 0.239 e. The van der Waals surface area contributed by atoms with Gasteiger partial charge in [0.25, 0.3) is 0 Å². The molecule has 0 bridgehead atoms. The maximum absolute atomic E-state index is 11.8. The van der Waals surface area contributed by atoms with Gasteiger partial charge in [-0.3, -0.25) is 9.59 Å². The molecule has 0 heterocycles. The number of benzene rings is 1. The second-order valence-electron chi connectivity index (χ2n) is 4.20. The molecule has 112 valence electrons. The van der Waals surface area contributed by atoms with Crippen LogP contribution in [0.3, 0.4) is 0 Å². The molecule has 1 aromatic carbocycles. The topological polar surface area (TPSA) is 98.7 Å².